The van der Waals surface area contributed by atoms with E-state index in [1.165, 1.54) is 7.11 Å². The number of hydrogen-bond donors (Lipinski definition) is 2. The number of aliphatic hydroxyl groups excluding tert-OH is 1. The van der Waals surface area contributed by atoms with Crippen LogP contribution in [0.3, 0.4) is 0 Å². The molecule has 2 N–H and O–H groups in total. The SMILES string of the molecule is COCC(CO)NS(=O)(=O)CCc1ccccn1. The molecule has 6 nitrogen and oxygen atoms in total. The van der Waals surface area contributed by atoms with Crippen molar-refractivity contribution in [3.8, 4) is 0 Å². The van der Waals surface area contributed by atoms with E-state index in [4.69, 9.17) is 9.84 Å². The minimum Gasteiger partial charge on any atom is -0.395 e. The lowest BCUT2D eigenvalue weighted by Gasteiger charge is -2.15. The average Bonchev–Trinajstić information content (AvgIpc) is 2.37. The lowest BCUT2D eigenvalue weighted by Crippen LogP contribution is -2.42. The zero-order valence-electron chi connectivity index (χ0n) is 10.2. The van der Waals surface area contributed by atoms with Crippen LogP contribution >= 0.6 is 0 Å². The maximum Gasteiger partial charge on any atom is 0.212 e. The van der Waals surface area contributed by atoms with Crippen LogP contribution in [0.15, 0.2) is 24.4 Å². The van der Waals surface area contributed by atoms with Gasteiger partial charge in [-0.1, -0.05) is 6.07 Å². The highest BCUT2D eigenvalue weighted by Gasteiger charge is 2.17. The Morgan fingerprint density at radius 3 is 2.83 bits per heavy atom. The predicted molar refractivity (Wildman–Crippen MR) is 67.6 cm³/mol. The zero-order valence-corrected chi connectivity index (χ0v) is 11.1. The van der Waals surface area contributed by atoms with Crippen molar-refractivity contribution in [2.75, 3.05) is 26.1 Å². The molecule has 0 aromatic carbocycles. The molecule has 1 heterocycles. The molecule has 1 rings (SSSR count). The molecule has 0 saturated carbocycles. The highest BCUT2D eigenvalue weighted by atomic mass is 32.2. The fourth-order valence-electron chi connectivity index (χ4n) is 1.42. The number of aromatic nitrogens is 1. The van der Waals surface area contributed by atoms with E-state index in [1.54, 1.807) is 18.3 Å². The molecule has 0 bridgehead atoms. The molecule has 0 aliphatic heterocycles. The largest absolute Gasteiger partial charge is 0.395 e. The molecule has 102 valence electrons. The molecule has 0 amide bonds. The molecule has 1 aromatic heterocycles. The van der Waals surface area contributed by atoms with E-state index in [1.807, 2.05) is 6.07 Å². The number of methoxy groups -OCH3 is 1. The van der Waals surface area contributed by atoms with Crippen LogP contribution in [0.2, 0.25) is 0 Å². The second-order valence-corrected chi connectivity index (χ2v) is 5.72. The van der Waals surface area contributed by atoms with E-state index in [0.29, 0.717) is 6.42 Å². The summed E-state index contributed by atoms with van der Waals surface area (Å²) in [7, 11) is -1.99. The van der Waals surface area contributed by atoms with Crippen LogP contribution in [-0.2, 0) is 21.2 Å². The maximum absolute atomic E-state index is 11.7. The molecule has 0 saturated heterocycles. The Labute approximate surface area is 107 Å². The first kappa shape index (κ1) is 15.0. The minimum absolute atomic E-state index is 0.0653. The quantitative estimate of drug-likeness (QED) is 0.670. The Morgan fingerprint density at radius 2 is 2.28 bits per heavy atom. The Balaban J connectivity index is 2.49. The van der Waals surface area contributed by atoms with Gasteiger partial charge in [0.05, 0.1) is 25.0 Å². The van der Waals surface area contributed by atoms with Crippen molar-refractivity contribution in [3.05, 3.63) is 30.1 Å². The van der Waals surface area contributed by atoms with Gasteiger partial charge in [-0.2, -0.15) is 0 Å². The second kappa shape index (κ2) is 7.42. The summed E-state index contributed by atoms with van der Waals surface area (Å²) in [4.78, 5) is 4.05. The molecule has 0 fully saturated rings. The molecule has 0 spiro atoms. The van der Waals surface area contributed by atoms with Gasteiger partial charge in [0.1, 0.15) is 0 Å². The molecule has 0 aliphatic rings. The van der Waals surface area contributed by atoms with Crippen molar-refractivity contribution in [2.45, 2.75) is 12.5 Å². The summed E-state index contributed by atoms with van der Waals surface area (Å²) in [5.74, 6) is -0.0653. The van der Waals surface area contributed by atoms with Crippen molar-refractivity contribution in [2.24, 2.45) is 0 Å². The van der Waals surface area contributed by atoms with E-state index in [2.05, 4.69) is 9.71 Å². The molecule has 1 unspecified atom stereocenters. The van der Waals surface area contributed by atoms with E-state index in [9.17, 15) is 8.42 Å². The van der Waals surface area contributed by atoms with Crippen molar-refractivity contribution in [1.82, 2.24) is 9.71 Å². The minimum atomic E-state index is -3.44. The van der Waals surface area contributed by atoms with Crippen molar-refractivity contribution >= 4 is 10.0 Å². The number of rotatable bonds is 8. The Hall–Kier alpha value is -1.02. The number of nitrogens with one attached hydrogen (secondary N) is 1. The predicted octanol–water partition coefficient (Wildman–Crippen LogP) is -0.449. The van der Waals surface area contributed by atoms with Gasteiger partial charge in [0.2, 0.25) is 10.0 Å². The summed E-state index contributed by atoms with van der Waals surface area (Å²) in [6, 6.07) is 4.75. The van der Waals surface area contributed by atoms with Gasteiger partial charge in [0.15, 0.2) is 0 Å². The summed E-state index contributed by atoms with van der Waals surface area (Å²) in [5, 5.41) is 8.99. The topological polar surface area (TPSA) is 88.5 Å². The summed E-state index contributed by atoms with van der Waals surface area (Å²) in [5.41, 5.74) is 0.718. The van der Waals surface area contributed by atoms with Crippen LogP contribution in [0.25, 0.3) is 0 Å². The van der Waals surface area contributed by atoms with Gasteiger partial charge in [0.25, 0.3) is 0 Å². The Bertz CT molecular complexity index is 436. The number of aryl methyl sites for hydroxylation is 1. The molecule has 1 atom stereocenters. The van der Waals surface area contributed by atoms with Crippen LogP contribution in [0.4, 0.5) is 0 Å². The van der Waals surface area contributed by atoms with Crippen LogP contribution in [-0.4, -0.2) is 50.6 Å². The van der Waals surface area contributed by atoms with Gasteiger partial charge in [-0.05, 0) is 12.1 Å². The summed E-state index contributed by atoms with van der Waals surface area (Å²) < 4.78 is 30.7. The van der Waals surface area contributed by atoms with Crippen molar-refractivity contribution in [1.29, 1.82) is 0 Å². The molecule has 1 aromatic rings. The smallest absolute Gasteiger partial charge is 0.212 e. The molecular weight excluding hydrogens is 256 g/mol. The molecule has 7 heteroatoms. The van der Waals surface area contributed by atoms with E-state index >= 15 is 0 Å². The van der Waals surface area contributed by atoms with Crippen molar-refractivity contribution in [3.63, 3.8) is 0 Å². The third-order valence-corrected chi connectivity index (χ3v) is 3.72. The Kier molecular flexibility index (Phi) is 6.20. The summed E-state index contributed by atoms with van der Waals surface area (Å²) >= 11 is 0. The van der Waals surface area contributed by atoms with Crippen LogP contribution in [0.5, 0.6) is 0 Å². The van der Waals surface area contributed by atoms with Gasteiger partial charge in [-0.25, -0.2) is 13.1 Å². The lowest BCUT2D eigenvalue weighted by atomic mass is 10.3. The maximum atomic E-state index is 11.7. The number of pyridine rings is 1. The normalized spacial score (nSPS) is 13.4. The fourth-order valence-corrected chi connectivity index (χ4v) is 2.67. The molecule has 18 heavy (non-hydrogen) atoms. The first-order valence-corrected chi connectivity index (χ1v) is 7.22. The lowest BCUT2D eigenvalue weighted by molar-refractivity contribution is 0.139. The molecular formula is C11H18N2O4S. The highest BCUT2D eigenvalue weighted by molar-refractivity contribution is 7.89. The van der Waals surface area contributed by atoms with Gasteiger partial charge < -0.3 is 9.84 Å². The first-order chi connectivity index (χ1) is 8.57. The van der Waals surface area contributed by atoms with Gasteiger partial charge in [-0.15, -0.1) is 0 Å². The van der Waals surface area contributed by atoms with Gasteiger partial charge in [-0.3, -0.25) is 4.98 Å². The molecule has 0 aliphatic carbocycles. The van der Waals surface area contributed by atoms with Crippen LogP contribution < -0.4 is 4.72 Å². The number of sulfonamides is 1. The van der Waals surface area contributed by atoms with E-state index < -0.39 is 16.1 Å². The van der Waals surface area contributed by atoms with Gasteiger partial charge in [0, 0.05) is 25.4 Å². The number of ether oxygens (including phenoxy) is 1. The number of hydrogen-bond acceptors (Lipinski definition) is 5. The fraction of sp³-hybridized carbons (Fsp3) is 0.545. The summed E-state index contributed by atoms with van der Waals surface area (Å²) in [6.45, 7) is -0.157. The van der Waals surface area contributed by atoms with Gasteiger partial charge >= 0.3 is 0 Å². The first-order valence-electron chi connectivity index (χ1n) is 5.57. The second-order valence-electron chi connectivity index (χ2n) is 3.84. The number of nitrogens with zero attached hydrogens (tertiary/aromatic N) is 1. The number of aliphatic hydroxyl groups is 1. The van der Waals surface area contributed by atoms with Crippen molar-refractivity contribution < 1.29 is 18.3 Å². The monoisotopic (exact) mass is 274 g/mol. The van der Waals surface area contributed by atoms with E-state index in [-0.39, 0.29) is 19.0 Å². The van der Waals surface area contributed by atoms with E-state index in [0.717, 1.165) is 5.69 Å². The standard InChI is InChI=1S/C11H18N2O4S/c1-17-9-11(8-14)13-18(15,16)7-5-10-4-2-3-6-12-10/h2-4,6,11,13-14H,5,7-9H2,1H3. The average molecular weight is 274 g/mol. The highest BCUT2D eigenvalue weighted by Crippen LogP contribution is 1.99. The zero-order chi connectivity index (χ0) is 13.4. The Morgan fingerprint density at radius 1 is 1.50 bits per heavy atom. The third kappa shape index (κ3) is 5.54. The third-order valence-electron chi connectivity index (χ3n) is 2.29. The van der Waals surface area contributed by atoms with Crippen LogP contribution in [0.1, 0.15) is 5.69 Å². The summed E-state index contributed by atoms with van der Waals surface area (Å²) in [6.07, 6.45) is 1.96. The van der Waals surface area contributed by atoms with Crippen LogP contribution in [0, 0.1) is 0 Å². The molecule has 0 radical (unpaired) electrons.